The molecule has 0 aliphatic carbocycles. The molecular formula is C13H14ClN3. The Labute approximate surface area is 106 Å². The molecule has 3 nitrogen and oxygen atoms in total. The van der Waals surface area contributed by atoms with Gasteiger partial charge in [-0.05, 0) is 24.1 Å². The predicted octanol–water partition coefficient (Wildman–Crippen LogP) is 3.83. The molecule has 1 heterocycles. The maximum absolute atomic E-state index is 5.92. The quantitative estimate of drug-likeness (QED) is 0.892. The van der Waals surface area contributed by atoms with Gasteiger partial charge in [0.1, 0.15) is 0 Å². The molecule has 4 heteroatoms. The molecule has 0 saturated carbocycles. The third-order valence-corrected chi connectivity index (χ3v) is 2.69. The molecule has 0 saturated heterocycles. The molecule has 0 fully saturated rings. The van der Waals surface area contributed by atoms with Crippen LogP contribution in [0.2, 0.25) is 5.15 Å². The fraction of sp³-hybridized carbons (Fsp3) is 0.231. The van der Waals surface area contributed by atoms with Gasteiger partial charge in [-0.25, -0.2) is 9.97 Å². The minimum Gasteiger partial charge on any atom is -0.338 e. The molecule has 2 rings (SSSR count). The Hall–Kier alpha value is -1.61. The van der Waals surface area contributed by atoms with Crippen molar-refractivity contribution in [3.8, 4) is 0 Å². The zero-order valence-electron chi connectivity index (χ0n) is 9.65. The van der Waals surface area contributed by atoms with E-state index in [9.17, 15) is 0 Å². The average molecular weight is 248 g/mol. The molecule has 0 aliphatic heterocycles. The van der Waals surface area contributed by atoms with Crippen molar-refractivity contribution in [2.45, 2.75) is 19.8 Å². The topological polar surface area (TPSA) is 37.8 Å². The first-order valence-electron chi connectivity index (χ1n) is 5.62. The van der Waals surface area contributed by atoms with Crippen molar-refractivity contribution in [1.82, 2.24) is 9.97 Å². The van der Waals surface area contributed by atoms with Gasteiger partial charge in [-0.2, -0.15) is 0 Å². The first-order chi connectivity index (χ1) is 8.29. The van der Waals surface area contributed by atoms with Crippen LogP contribution in [0, 0.1) is 0 Å². The van der Waals surface area contributed by atoms with E-state index in [0.29, 0.717) is 11.0 Å². The molecule has 1 aromatic carbocycles. The highest BCUT2D eigenvalue weighted by molar-refractivity contribution is 6.31. The zero-order chi connectivity index (χ0) is 12.1. The molecule has 1 N–H and O–H groups in total. The van der Waals surface area contributed by atoms with Crippen LogP contribution in [-0.4, -0.2) is 9.97 Å². The van der Waals surface area contributed by atoms with Crippen molar-refractivity contribution in [3.05, 3.63) is 47.4 Å². The molecule has 1 aromatic heterocycles. The summed E-state index contributed by atoms with van der Waals surface area (Å²) in [4.78, 5) is 8.09. The first-order valence-corrected chi connectivity index (χ1v) is 6.00. The first kappa shape index (κ1) is 11.9. The van der Waals surface area contributed by atoms with E-state index in [1.54, 1.807) is 12.4 Å². The Morgan fingerprint density at radius 2 is 1.82 bits per heavy atom. The summed E-state index contributed by atoms with van der Waals surface area (Å²) in [5, 5.41) is 3.52. The van der Waals surface area contributed by atoms with Crippen LogP contribution in [-0.2, 0) is 6.42 Å². The van der Waals surface area contributed by atoms with E-state index < -0.39 is 0 Å². The second-order valence-electron chi connectivity index (χ2n) is 3.77. The highest BCUT2D eigenvalue weighted by atomic mass is 35.5. The predicted molar refractivity (Wildman–Crippen MR) is 70.8 cm³/mol. The summed E-state index contributed by atoms with van der Waals surface area (Å²) < 4.78 is 0. The van der Waals surface area contributed by atoms with Crippen molar-refractivity contribution >= 4 is 23.1 Å². The van der Waals surface area contributed by atoms with E-state index in [4.69, 9.17) is 11.6 Å². The van der Waals surface area contributed by atoms with Gasteiger partial charge >= 0.3 is 0 Å². The van der Waals surface area contributed by atoms with Gasteiger partial charge in [-0.3, -0.25) is 0 Å². The number of nitrogens with zero attached hydrogens (tertiary/aromatic N) is 2. The van der Waals surface area contributed by atoms with Gasteiger partial charge in [-0.1, -0.05) is 37.1 Å². The van der Waals surface area contributed by atoms with Crippen LogP contribution in [0.4, 0.5) is 11.5 Å². The van der Waals surface area contributed by atoms with Gasteiger partial charge in [0.05, 0.1) is 0 Å². The molecule has 0 atom stereocenters. The zero-order valence-corrected chi connectivity index (χ0v) is 10.4. The van der Waals surface area contributed by atoms with Crippen LogP contribution >= 0.6 is 11.6 Å². The summed E-state index contributed by atoms with van der Waals surface area (Å²) >= 11 is 5.92. The van der Waals surface area contributed by atoms with Crippen molar-refractivity contribution in [1.29, 1.82) is 0 Å². The highest BCUT2D eigenvalue weighted by Gasteiger charge is 2.02. The molecule has 0 radical (unpaired) electrons. The lowest BCUT2D eigenvalue weighted by atomic mass is 10.1. The maximum atomic E-state index is 5.92. The van der Waals surface area contributed by atoms with E-state index in [0.717, 1.165) is 18.5 Å². The number of halogens is 1. The van der Waals surface area contributed by atoms with Gasteiger partial charge in [0.15, 0.2) is 11.0 Å². The number of nitrogens with one attached hydrogen (secondary N) is 1. The van der Waals surface area contributed by atoms with Crippen LogP contribution in [0.3, 0.4) is 0 Å². The molecule has 0 unspecified atom stereocenters. The van der Waals surface area contributed by atoms with Crippen LogP contribution in [0.1, 0.15) is 18.9 Å². The van der Waals surface area contributed by atoms with Crippen molar-refractivity contribution in [2.75, 3.05) is 5.32 Å². The van der Waals surface area contributed by atoms with Gasteiger partial charge in [-0.15, -0.1) is 0 Å². The molecule has 88 valence electrons. The summed E-state index contributed by atoms with van der Waals surface area (Å²) in [6, 6.07) is 8.26. The van der Waals surface area contributed by atoms with Crippen molar-refractivity contribution < 1.29 is 0 Å². The number of hydrogen-bond acceptors (Lipinski definition) is 3. The minimum atomic E-state index is 0.380. The van der Waals surface area contributed by atoms with E-state index in [1.165, 1.54) is 5.56 Å². The average Bonchev–Trinajstić information content (AvgIpc) is 2.35. The molecule has 0 spiro atoms. The lowest BCUT2D eigenvalue weighted by molar-refractivity contribution is 0.922. The SMILES string of the molecule is CCCc1ccc(Nc2nccnc2Cl)cc1. The minimum absolute atomic E-state index is 0.380. The van der Waals surface area contributed by atoms with E-state index in [1.807, 2.05) is 12.1 Å². The normalized spacial score (nSPS) is 10.2. The van der Waals surface area contributed by atoms with Crippen LogP contribution < -0.4 is 5.32 Å². The molecule has 2 aromatic rings. The largest absolute Gasteiger partial charge is 0.338 e. The fourth-order valence-electron chi connectivity index (χ4n) is 1.59. The van der Waals surface area contributed by atoms with Crippen molar-refractivity contribution in [2.24, 2.45) is 0 Å². The van der Waals surface area contributed by atoms with E-state index >= 15 is 0 Å². The maximum Gasteiger partial charge on any atom is 0.171 e. The van der Waals surface area contributed by atoms with E-state index in [2.05, 4.69) is 34.3 Å². The summed E-state index contributed by atoms with van der Waals surface area (Å²) in [6.07, 6.45) is 5.44. The highest BCUT2D eigenvalue weighted by Crippen LogP contribution is 2.20. The number of anilines is 2. The summed E-state index contributed by atoms with van der Waals surface area (Å²) in [5.41, 5.74) is 2.30. The molecule has 17 heavy (non-hydrogen) atoms. The van der Waals surface area contributed by atoms with Crippen LogP contribution in [0.25, 0.3) is 0 Å². The molecule has 0 bridgehead atoms. The summed E-state index contributed by atoms with van der Waals surface area (Å²) in [5.74, 6) is 0.581. The van der Waals surface area contributed by atoms with Crippen LogP contribution in [0.5, 0.6) is 0 Å². The molecule has 0 aliphatic rings. The number of benzene rings is 1. The number of aromatic nitrogens is 2. The summed E-state index contributed by atoms with van der Waals surface area (Å²) in [6.45, 7) is 2.17. The third kappa shape index (κ3) is 3.17. The fourth-order valence-corrected chi connectivity index (χ4v) is 1.74. The number of hydrogen-bond donors (Lipinski definition) is 1. The second-order valence-corrected chi connectivity index (χ2v) is 4.13. The monoisotopic (exact) mass is 247 g/mol. The van der Waals surface area contributed by atoms with E-state index in [-0.39, 0.29) is 0 Å². The number of aryl methyl sites for hydroxylation is 1. The van der Waals surface area contributed by atoms with Gasteiger partial charge in [0.2, 0.25) is 0 Å². The Morgan fingerprint density at radius 3 is 2.47 bits per heavy atom. The summed E-state index contributed by atoms with van der Waals surface area (Å²) in [7, 11) is 0. The second kappa shape index (κ2) is 5.64. The van der Waals surface area contributed by atoms with Gasteiger partial charge < -0.3 is 5.32 Å². The molecule has 0 amide bonds. The van der Waals surface area contributed by atoms with Crippen LogP contribution in [0.15, 0.2) is 36.7 Å². The molecular weight excluding hydrogens is 234 g/mol. The standard InChI is InChI=1S/C13H14ClN3/c1-2-3-10-4-6-11(7-5-10)17-13-12(14)15-8-9-16-13/h4-9H,2-3H2,1H3,(H,16,17). The lowest BCUT2D eigenvalue weighted by Crippen LogP contribution is -1.95. The van der Waals surface area contributed by atoms with Crippen molar-refractivity contribution in [3.63, 3.8) is 0 Å². The Morgan fingerprint density at radius 1 is 1.12 bits per heavy atom. The Balaban J connectivity index is 2.11. The van der Waals surface area contributed by atoms with Gasteiger partial charge in [0, 0.05) is 18.1 Å². The smallest absolute Gasteiger partial charge is 0.171 e. The van der Waals surface area contributed by atoms with Gasteiger partial charge in [0.25, 0.3) is 0 Å². The number of rotatable bonds is 4. The Bertz CT molecular complexity index is 482. The lowest BCUT2D eigenvalue weighted by Gasteiger charge is -2.07. The Kier molecular flexibility index (Phi) is 3.94. The third-order valence-electron chi connectivity index (χ3n) is 2.41.